The van der Waals surface area contributed by atoms with Crippen molar-refractivity contribution in [2.24, 2.45) is 5.92 Å². The van der Waals surface area contributed by atoms with Gasteiger partial charge >= 0.3 is 0 Å². The highest BCUT2D eigenvalue weighted by Gasteiger charge is 2.07. The van der Waals surface area contributed by atoms with Crippen LogP contribution in [0.3, 0.4) is 0 Å². The van der Waals surface area contributed by atoms with Gasteiger partial charge in [0.1, 0.15) is 0 Å². The Morgan fingerprint density at radius 1 is 1.00 bits per heavy atom. The zero-order valence-corrected chi connectivity index (χ0v) is 10.7. The summed E-state index contributed by atoms with van der Waals surface area (Å²) < 4.78 is 0. The molecule has 1 rings (SSSR count). The molecule has 0 spiro atoms. The smallest absolute Gasteiger partial charge is 0.0443 e. The van der Waals surface area contributed by atoms with Crippen molar-refractivity contribution >= 4 is 0 Å². The van der Waals surface area contributed by atoms with Gasteiger partial charge in [0.25, 0.3) is 0 Å². The van der Waals surface area contributed by atoms with Crippen molar-refractivity contribution in [3.63, 3.8) is 0 Å². The van der Waals surface area contributed by atoms with E-state index in [1.165, 1.54) is 25.7 Å². The van der Waals surface area contributed by atoms with E-state index in [1.54, 1.807) is 6.08 Å². The molecule has 0 unspecified atom stereocenters. The Kier molecular flexibility index (Phi) is 32.2. The Balaban J connectivity index is -0.000000124. The summed E-state index contributed by atoms with van der Waals surface area (Å²) in [5.74, 6) is 1.05. The molecule has 0 saturated heterocycles. The zero-order valence-electron chi connectivity index (χ0n) is 10.7. The second-order valence-corrected chi connectivity index (χ2v) is 2.80. The van der Waals surface area contributed by atoms with E-state index < -0.39 is 0 Å². The molecule has 1 aliphatic rings. The Morgan fingerprint density at radius 3 is 1.31 bits per heavy atom. The standard InChI is InChI=1S/C6H12.C3H6.2C2H6/c1-6-4-2-3-5-6;1-3-2;2*1-2/h6H,2-5H2,1H3;3H,1H2,2H3;2*1-2H3. The van der Waals surface area contributed by atoms with E-state index >= 15 is 0 Å². The van der Waals surface area contributed by atoms with Gasteiger partial charge in [0, 0.05) is 0 Å². The molecule has 0 aliphatic heterocycles. The summed E-state index contributed by atoms with van der Waals surface area (Å²) in [6, 6.07) is 0. The molecule has 0 nitrogen and oxygen atoms in total. The van der Waals surface area contributed by atoms with Gasteiger partial charge in [0.05, 0.1) is 0 Å². The van der Waals surface area contributed by atoms with Crippen LogP contribution in [0.2, 0.25) is 0 Å². The van der Waals surface area contributed by atoms with E-state index in [1.807, 2.05) is 34.6 Å². The summed E-state index contributed by atoms with van der Waals surface area (Å²) in [5, 5.41) is 0. The van der Waals surface area contributed by atoms with Crippen molar-refractivity contribution in [1.29, 1.82) is 0 Å². The fraction of sp³-hybridized carbons (Fsp3) is 0.846. The second kappa shape index (κ2) is 22.6. The van der Waals surface area contributed by atoms with Crippen molar-refractivity contribution < 1.29 is 0 Å². The third-order valence-electron chi connectivity index (χ3n) is 1.64. The van der Waals surface area contributed by atoms with E-state index in [0.29, 0.717) is 0 Å². The lowest BCUT2D eigenvalue weighted by Crippen LogP contribution is -1.78. The average molecular weight is 186 g/mol. The quantitative estimate of drug-likeness (QED) is 0.442. The highest BCUT2D eigenvalue weighted by atomic mass is 14.1. The van der Waals surface area contributed by atoms with Crippen LogP contribution in [0.4, 0.5) is 0 Å². The van der Waals surface area contributed by atoms with Gasteiger partial charge in [-0.05, 0) is 12.8 Å². The van der Waals surface area contributed by atoms with Crippen LogP contribution in [0.25, 0.3) is 0 Å². The normalized spacial score (nSPS) is 13.7. The molecule has 0 amide bonds. The lowest BCUT2D eigenvalue weighted by atomic mass is 10.2. The summed E-state index contributed by atoms with van der Waals surface area (Å²) in [6.07, 6.45) is 7.70. The largest absolute Gasteiger partial charge is 0.103 e. The molecule has 13 heavy (non-hydrogen) atoms. The Morgan fingerprint density at radius 2 is 1.23 bits per heavy atom. The third-order valence-corrected chi connectivity index (χ3v) is 1.64. The molecule has 82 valence electrons. The maximum Gasteiger partial charge on any atom is -0.0443 e. The summed E-state index contributed by atoms with van der Waals surface area (Å²) >= 11 is 0. The average Bonchev–Trinajstić information content (AvgIpc) is 2.64. The molecule has 1 saturated carbocycles. The van der Waals surface area contributed by atoms with E-state index in [9.17, 15) is 0 Å². The maximum atomic E-state index is 3.36. The summed E-state index contributed by atoms with van der Waals surface area (Å²) in [4.78, 5) is 0. The van der Waals surface area contributed by atoms with Crippen LogP contribution in [-0.4, -0.2) is 0 Å². The van der Waals surface area contributed by atoms with Crippen LogP contribution in [0.5, 0.6) is 0 Å². The Labute approximate surface area is 86.4 Å². The zero-order chi connectivity index (χ0) is 11.1. The summed E-state index contributed by atoms with van der Waals surface area (Å²) in [5.41, 5.74) is 0. The number of allylic oxidation sites excluding steroid dienone is 1. The monoisotopic (exact) mass is 186 g/mol. The first kappa shape index (κ1) is 18.5. The molecule has 0 radical (unpaired) electrons. The molecule has 0 N–H and O–H groups in total. The number of hydrogen-bond acceptors (Lipinski definition) is 0. The van der Waals surface area contributed by atoms with Crippen LogP contribution in [0, 0.1) is 5.92 Å². The summed E-state index contributed by atoms with van der Waals surface area (Å²) in [6.45, 7) is 15.6. The van der Waals surface area contributed by atoms with E-state index in [0.717, 1.165) is 5.92 Å². The molecular weight excluding hydrogens is 156 g/mol. The lowest BCUT2D eigenvalue weighted by molar-refractivity contribution is 0.612. The Hall–Kier alpha value is -0.260. The fourth-order valence-electron chi connectivity index (χ4n) is 1.13. The van der Waals surface area contributed by atoms with E-state index in [2.05, 4.69) is 13.5 Å². The van der Waals surface area contributed by atoms with Crippen LogP contribution in [0.1, 0.15) is 67.2 Å². The molecule has 0 heteroatoms. The van der Waals surface area contributed by atoms with Gasteiger partial charge in [0.15, 0.2) is 0 Å². The van der Waals surface area contributed by atoms with Gasteiger partial charge in [0.2, 0.25) is 0 Å². The van der Waals surface area contributed by atoms with Crippen LogP contribution in [-0.2, 0) is 0 Å². The maximum absolute atomic E-state index is 3.36. The van der Waals surface area contributed by atoms with Crippen LogP contribution in [0.15, 0.2) is 12.7 Å². The predicted octanol–water partition coefficient (Wildman–Crippen LogP) is 5.44. The van der Waals surface area contributed by atoms with Crippen molar-refractivity contribution in [1.82, 2.24) is 0 Å². The predicted molar refractivity (Wildman–Crippen MR) is 66.2 cm³/mol. The van der Waals surface area contributed by atoms with Gasteiger partial charge in [-0.25, -0.2) is 0 Å². The minimum absolute atomic E-state index is 1.05. The van der Waals surface area contributed by atoms with Crippen molar-refractivity contribution in [3.05, 3.63) is 12.7 Å². The minimum atomic E-state index is 1.05. The number of hydrogen-bond donors (Lipinski definition) is 0. The molecule has 1 fully saturated rings. The van der Waals surface area contributed by atoms with E-state index in [-0.39, 0.29) is 0 Å². The van der Waals surface area contributed by atoms with Gasteiger partial charge in [-0.1, -0.05) is 66.4 Å². The minimum Gasteiger partial charge on any atom is -0.103 e. The van der Waals surface area contributed by atoms with Crippen LogP contribution < -0.4 is 0 Å². The first-order chi connectivity index (χ1) is 6.31. The van der Waals surface area contributed by atoms with Crippen molar-refractivity contribution in [2.75, 3.05) is 0 Å². The highest BCUT2D eigenvalue weighted by Crippen LogP contribution is 2.22. The molecule has 0 aromatic rings. The molecular formula is C13H30. The first-order valence-electron chi connectivity index (χ1n) is 5.88. The van der Waals surface area contributed by atoms with Gasteiger partial charge in [-0.3, -0.25) is 0 Å². The molecule has 0 atom stereocenters. The topological polar surface area (TPSA) is 0 Å². The lowest BCUT2D eigenvalue weighted by Gasteiger charge is -1.91. The molecule has 1 aliphatic carbocycles. The first-order valence-corrected chi connectivity index (χ1v) is 5.88. The van der Waals surface area contributed by atoms with Gasteiger partial charge in [-0.2, -0.15) is 0 Å². The number of rotatable bonds is 0. The SMILES string of the molecule is C=CC.CC.CC.CC1CCCC1. The molecule has 0 aromatic heterocycles. The Bertz CT molecular complexity index is 58.4. The third kappa shape index (κ3) is 24.5. The molecule has 0 aromatic carbocycles. The van der Waals surface area contributed by atoms with E-state index in [4.69, 9.17) is 0 Å². The van der Waals surface area contributed by atoms with Crippen LogP contribution >= 0.6 is 0 Å². The second-order valence-electron chi connectivity index (χ2n) is 2.80. The van der Waals surface area contributed by atoms with Gasteiger partial charge in [-0.15, -0.1) is 6.58 Å². The van der Waals surface area contributed by atoms with Crippen molar-refractivity contribution in [2.45, 2.75) is 67.2 Å². The highest BCUT2D eigenvalue weighted by molar-refractivity contribution is 4.60. The van der Waals surface area contributed by atoms with Gasteiger partial charge < -0.3 is 0 Å². The molecule has 0 heterocycles. The summed E-state index contributed by atoms with van der Waals surface area (Å²) in [7, 11) is 0. The fourth-order valence-corrected chi connectivity index (χ4v) is 1.13. The molecule has 0 bridgehead atoms. The van der Waals surface area contributed by atoms with Crippen molar-refractivity contribution in [3.8, 4) is 0 Å².